The fourth-order valence-corrected chi connectivity index (χ4v) is 6.89. The van der Waals surface area contributed by atoms with E-state index in [1.165, 1.54) is 16.7 Å². The highest BCUT2D eigenvalue weighted by atomic mass is 32.2. The van der Waals surface area contributed by atoms with E-state index >= 15 is 0 Å². The van der Waals surface area contributed by atoms with Gasteiger partial charge in [0.05, 0.1) is 19.1 Å². The number of hydrogen-bond acceptors (Lipinski definition) is 5. The van der Waals surface area contributed by atoms with Crippen LogP contribution in [0.5, 0.6) is 11.5 Å². The zero-order valence-corrected chi connectivity index (χ0v) is 21.1. The maximum atomic E-state index is 13.0. The fraction of sp³-hybridized carbons (Fsp3) is 0.538. The maximum Gasteiger partial charge on any atom is 0.243 e. The Balaban J connectivity index is 1.37. The number of ether oxygens (including phenoxy) is 2. The zero-order chi connectivity index (χ0) is 23.6. The summed E-state index contributed by atoms with van der Waals surface area (Å²) in [4.78, 5) is 2.96. The lowest BCUT2D eigenvalue weighted by molar-refractivity contribution is 0.180. The second-order valence-corrected chi connectivity index (χ2v) is 11.0. The average Bonchev–Trinajstić information content (AvgIpc) is 3.26. The molecule has 0 saturated heterocycles. The number of benzene rings is 2. The van der Waals surface area contributed by atoms with E-state index in [4.69, 9.17) is 9.47 Å². The maximum absolute atomic E-state index is 13.0. The monoisotopic (exact) mass is 472 g/mol. The predicted molar refractivity (Wildman–Crippen MR) is 131 cm³/mol. The zero-order valence-electron chi connectivity index (χ0n) is 20.3. The molecule has 1 atom stereocenters. The van der Waals surface area contributed by atoms with Gasteiger partial charge in [0, 0.05) is 31.2 Å². The molecule has 180 valence electrons. The van der Waals surface area contributed by atoms with Crippen LogP contribution in [0.1, 0.15) is 54.5 Å². The summed E-state index contributed by atoms with van der Waals surface area (Å²) < 4.78 is 38.9. The van der Waals surface area contributed by atoms with Crippen LogP contribution >= 0.6 is 0 Å². The molecule has 0 radical (unpaired) electrons. The van der Waals surface area contributed by atoms with E-state index in [1.54, 1.807) is 30.7 Å². The van der Waals surface area contributed by atoms with Crippen molar-refractivity contribution >= 4 is 10.0 Å². The molecule has 6 nitrogen and oxygen atoms in total. The summed E-state index contributed by atoms with van der Waals surface area (Å²) in [5.74, 6) is 1.73. The van der Waals surface area contributed by atoms with E-state index in [2.05, 4.69) is 11.0 Å². The first-order valence-electron chi connectivity index (χ1n) is 12.0. The Morgan fingerprint density at radius 1 is 1.09 bits per heavy atom. The minimum absolute atomic E-state index is 0.380. The predicted octanol–water partition coefficient (Wildman–Crippen LogP) is 4.35. The van der Waals surface area contributed by atoms with E-state index < -0.39 is 10.0 Å². The third-order valence-corrected chi connectivity index (χ3v) is 9.11. The summed E-state index contributed by atoms with van der Waals surface area (Å²) in [6.07, 6.45) is 4.97. The van der Waals surface area contributed by atoms with Gasteiger partial charge in [-0.15, -0.1) is 0 Å². The quantitative estimate of drug-likeness (QED) is 0.481. The minimum atomic E-state index is -3.44. The van der Waals surface area contributed by atoms with Gasteiger partial charge >= 0.3 is 0 Å². The molecule has 1 unspecified atom stereocenters. The molecule has 33 heavy (non-hydrogen) atoms. The molecule has 1 heterocycles. The lowest BCUT2D eigenvalue weighted by Gasteiger charge is -2.35. The van der Waals surface area contributed by atoms with Gasteiger partial charge in [0.2, 0.25) is 10.0 Å². The van der Waals surface area contributed by atoms with Crippen molar-refractivity contribution in [3.63, 3.8) is 0 Å². The lowest BCUT2D eigenvalue weighted by Crippen LogP contribution is -2.36. The molecule has 0 spiro atoms. The van der Waals surface area contributed by atoms with E-state index in [0.29, 0.717) is 24.0 Å². The van der Waals surface area contributed by atoms with Crippen LogP contribution < -0.4 is 9.47 Å². The Morgan fingerprint density at radius 3 is 2.52 bits per heavy atom. The van der Waals surface area contributed by atoms with Crippen molar-refractivity contribution in [2.24, 2.45) is 0 Å². The third-order valence-electron chi connectivity index (χ3n) is 7.12. The van der Waals surface area contributed by atoms with Crippen molar-refractivity contribution in [3.05, 3.63) is 52.6 Å². The first kappa shape index (κ1) is 24.0. The normalized spacial score (nSPS) is 17.9. The van der Waals surface area contributed by atoms with Gasteiger partial charge in [0.1, 0.15) is 0 Å². The molecule has 0 bridgehead atoms. The molecule has 2 aromatic carbocycles. The van der Waals surface area contributed by atoms with E-state index in [-0.39, 0.29) is 0 Å². The van der Waals surface area contributed by atoms with Gasteiger partial charge in [-0.05, 0) is 74.9 Å². The summed E-state index contributed by atoms with van der Waals surface area (Å²) in [5, 5.41) is 0. The fourth-order valence-electron chi connectivity index (χ4n) is 5.40. The van der Waals surface area contributed by atoms with Gasteiger partial charge in [0.25, 0.3) is 0 Å². The lowest BCUT2D eigenvalue weighted by atomic mass is 9.92. The van der Waals surface area contributed by atoms with Crippen molar-refractivity contribution in [3.8, 4) is 11.5 Å². The molecule has 0 saturated carbocycles. The molecule has 2 aliphatic rings. The molecule has 0 N–H and O–H groups in total. The standard InChI is InChI=1S/C26H36N2O4S/c1-5-28(33(29,30)21-10-8-19(2)9-11-21)16-7-6-15-27-17-14-20-18-24(31-3)26(32-4)22-12-13-23(27)25(20)22/h8-11,18,23H,5-7,12-17H2,1-4H3. The Morgan fingerprint density at radius 2 is 1.85 bits per heavy atom. The summed E-state index contributed by atoms with van der Waals surface area (Å²) in [5.41, 5.74) is 5.20. The van der Waals surface area contributed by atoms with Gasteiger partial charge < -0.3 is 9.47 Å². The Hall–Kier alpha value is -2.09. The van der Waals surface area contributed by atoms with Gasteiger partial charge in [-0.1, -0.05) is 24.6 Å². The number of aryl methyl sites for hydroxylation is 1. The number of unbranched alkanes of at least 4 members (excludes halogenated alkanes) is 1. The van der Waals surface area contributed by atoms with E-state index in [1.807, 2.05) is 26.0 Å². The van der Waals surface area contributed by atoms with Gasteiger partial charge in [-0.25, -0.2) is 8.42 Å². The highest BCUT2D eigenvalue weighted by Gasteiger charge is 2.36. The second-order valence-electron chi connectivity index (χ2n) is 9.02. The molecular weight excluding hydrogens is 436 g/mol. The van der Waals surface area contributed by atoms with Crippen LogP contribution in [0.3, 0.4) is 0 Å². The summed E-state index contributed by atoms with van der Waals surface area (Å²) in [7, 11) is -0.0141. The number of sulfonamides is 1. The van der Waals surface area contributed by atoms with Crippen LogP contribution in [-0.2, 0) is 22.9 Å². The first-order valence-corrected chi connectivity index (χ1v) is 13.4. The smallest absolute Gasteiger partial charge is 0.243 e. The molecule has 1 aliphatic carbocycles. The summed E-state index contributed by atoms with van der Waals surface area (Å²) in [6.45, 7) is 6.94. The van der Waals surface area contributed by atoms with Crippen molar-refractivity contribution in [2.75, 3.05) is 40.4 Å². The van der Waals surface area contributed by atoms with Crippen LogP contribution in [0.2, 0.25) is 0 Å². The third kappa shape index (κ3) is 4.63. The highest BCUT2D eigenvalue weighted by Crippen LogP contribution is 2.48. The number of hydrogen-bond donors (Lipinski definition) is 0. The van der Waals surface area contributed by atoms with Gasteiger partial charge in [-0.3, -0.25) is 4.90 Å². The molecule has 7 heteroatoms. The number of rotatable bonds is 10. The first-order chi connectivity index (χ1) is 15.9. The van der Waals surface area contributed by atoms with Crippen molar-refractivity contribution < 1.29 is 17.9 Å². The molecule has 0 fully saturated rings. The number of methoxy groups -OCH3 is 2. The topological polar surface area (TPSA) is 59.1 Å². The van der Waals surface area contributed by atoms with Crippen molar-refractivity contribution in [1.29, 1.82) is 0 Å². The Bertz CT molecular complexity index is 1080. The molecule has 0 amide bonds. The largest absolute Gasteiger partial charge is 0.493 e. The summed E-state index contributed by atoms with van der Waals surface area (Å²) >= 11 is 0. The molecule has 2 aromatic rings. The molecule has 4 rings (SSSR count). The average molecular weight is 473 g/mol. The molecule has 0 aromatic heterocycles. The van der Waals surface area contributed by atoms with Crippen LogP contribution in [0.4, 0.5) is 0 Å². The van der Waals surface area contributed by atoms with Crippen molar-refractivity contribution in [1.82, 2.24) is 9.21 Å². The molecule has 1 aliphatic heterocycles. The SMILES string of the molecule is CCN(CCCCN1CCc2cc(OC)c(OC)c3c2C1CC3)S(=O)(=O)c1ccc(C)cc1. The minimum Gasteiger partial charge on any atom is -0.493 e. The molecular formula is C26H36N2O4S. The van der Waals surface area contributed by atoms with Crippen LogP contribution in [0.25, 0.3) is 0 Å². The van der Waals surface area contributed by atoms with Crippen LogP contribution in [0.15, 0.2) is 35.2 Å². The number of nitrogens with zero attached hydrogens (tertiary/aromatic N) is 2. The van der Waals surface area contributed by atoms with Crippen molar-refractivity contribution in [2.45, 2.75) is 56.9 Å². The second kappa shape index (κ2) is 10.0. The van der Waals surface area contributed by atoms with E-state index in [9.17, 15) is 8.42 Å². The van der Waals surface area contributed by atoms with Gasteiger partial charge in [0.15, 0.2) is 11.5 Å². The highest BCUT2D eigenvalue weighted by molar-refractivity contribution is 7.89. The Labute approximate surface area is 198 Å². The Kier molecular flexibility index (Phi) is 7.31. The van der Waals surface area contributed by atoms with Crippen LogP contribution in [-0.4, -0.2) is 58.0 Å². The van der Waals surface area contributed by atoms with Crippen LogP contribution in [0, 0.1) is 6.92 Å². The van der Waals surface area contributed by atoms with Gasteiger partial charge in [-0.2, -0.15) is 4.31 Å². The summed E-state index contributed by atoms with van der Waals surface area (Å²) in [6, 6.07) is 9.72. The van der Waals surface area contributed by atoms with E-state index in [0.717, 1.165) is 62.3 Å².